The first-order valence-corrected chi connectivity index (χ1v) is 7.73. The number of aromatic nitrogens is 4. The molecular weight excluding hydrogens is 290 g/mol. The van der Waals surface area contributed by atoms with Crippen molar-refractivity contribution in [2.75, 3.05) is 24.6 Å². The fraction of sp³-hybridized carbons (Fsp3) is 0.294. The Hall–Kier alpha value is -2.76. The van der Waals surface area contributed by atoms with Gasteiger partial charge in [0.15, 0.2) is 0 Å². The lowest BCUT2D eigenvalue weighted by Gasteiger charge is -2.19. The summed E-state index contributed by atoms with van der Waals surface area (Å²) in [5, 5.41) is 1.10. The Morgan fingerprint density at radius 3 is 3.00 bits per heavy atom. The van der Waals surface area contributed by atoms with Gasteiger partial charge in [0, 0.05) is 36.8 Å². The average molecular weight is 307 g/mol. The van der Waals surface area contributed by atoms with Gasteiger partial charge in [-0.05, 0) is 18.6 Å². The molecule has 1 fully saturated rings. The van der Waals surface area contributed by atoms with Crippen LogP contribution in [-0.4, -0.2) is 39.6 Å². The lowest BCUT2D eigenvalue weighted by molar-refractivity contribution is 0.251. The van der Waals surface area contributed by atoms with Crippen molar-refractivity contribution < 1.29 is 4.74 Å². The SMILES string of the molecule is c1ccc2c(N3CCC(COc4cnccn4)C3)ncnc2c1. The van der Waals surface area contributed by atoms with E-state index in [-0.39, 0.29) is 0 Å². The molecule has 0 bridgehead atoms. The number of rotatable bonds is 4. The maximum absolute atomic E-state index is 5.73. The van der Waals surface area contributed by atoms with Crippen molar-refractivity contribution in [3.8, 4) is 5.88 Å². The summed E-state index contributed by atoms with van der Waals surface area (Å²) in [5.74, 6) is 2.06. The van der Waals surface area contributed by atoms with E-state index >= 15 is 0 Å². The van der Waals surface area contributed by atoms with Crippen molar-refractivity contribution in [1.82, 2.24) is 19.9 Å². The van der Waals surface area contributed by atoms with Gasteiger partial charge in [0.25, 0.3) is 0 Å². The Labute approximate surface area is 134 Å². The molecule has 6 nitrogen and oxygen atoms in total. The van der Waals surface area contributed by atoms with Gasteiger partial charge < -0.3 is 9.64 Å². The molecule has 0 spiro atoms. The third kappa shape index (κ3) is 2.92. The molecule has 0 saturated carbocycles. The zero-order chi connectivity index (χ0) is 15.5. The van der Waals surface area contributed by atoms with Gasteiger partial charge in [-0.1, -0.05) is 12.1 Å². The van der Waals surface area contributed by atoms with Crippen molar-refractivity contribution in [3.63, 3.8) is 0 Å². The minimum absolute atomic E-state index is 0.464. The van der Waals surface area contributed by atoms with Gasteiger partial charge in [-0.15, -0.1) is 0 Å². The molecule has 1 atom stereocenters. The molecule has 0 amide bonds. The van der Waals surface area contributed by atoms with Gasteiger partial charge in [0.1, 0.15) is 12.1 Å². The van der Waals surface area contributed by atoms with Gasteiger partial charge >= 0.3 is 0 Å². The molecule has 1 unspecified atom stereocenters. The van der Waals surface area contributed by atoms with Gasteiger partial charge in [-0.2, -0.15) is 0 Å². The van der Waals surface area contributed by atoms with E-state index in [1.165, 1.54) is 0 Å². The summed E-state index contributed by atoms with van der Waals surface area (Å²) >= 11 is 0. The summed E-state index contributed by atoms with van der Waals surface area (Å²) in [5.41, 5.74) is 0.983. The number of benzene rings is 1. The predicted octanol–water partition coefficient (Wildman–Crippen LogP) is 2.33. The third-order valence-electron chi connectivity index (χ3n) is 4.11. The molecule has 116 valence electrons. The Morgan fingerprint density at radius 2 is 2.09 bits per heavy atom. The second kappa shape index (κ2) is 6.16. The minimum Gasteiger partial charge on any atom is -0.476 e. The van der Waals surface area contributed by atoms with Crippen molar-refractivity contribution in [3.05, 3.63) is 49.2 Å². The van der Waals surface area contributed by atoms with Gasteiger partial charge in [-0.3, -0.25) is 4.98 Å². The monoisotopic (exact) mass is 307 g/mol. The fourth-order valence-corrected chi connectivity index (χ4v) is 2.97. The van der Waals surface area contributed by atoms with Crippen LogP contribution in [0.4, 0.5) is 5.82 Å². The first kappa shape index (κ1) is 13.9. The van der Waals surface area contributed by atoms with Gasteiger partial charge in [0.2, 0.25) is 5.88 Å². The number of nitrogens with zero attached hydrogens (tertiary/aromatic N) is 5. The van der Waals surface area contributed by atoms with E-state index in [2.05, 4.69) is 30.9 Å². The summed E-state index contributed by atoms with van der Waals surface area (Å²) in [4.78, 5) is 19.3. The first-order chi connectivity index (χ1) is 11.4. The standard InChI is InChI=1S/C17H17N5O/c1-2-4-15-14(3-1)17(21-12-20-15)22-8-5-13(10-22)11-23-16-9-18-6-7-19-16/h1-4,6-7,9,12-13H,5,8,10-11H2. The predicted molar refractivity (Wildman–Crippen MR) is 87.4 cm³/mol. The summed E-state index contributed by atoms with van der Waals surface area (Å²) in [6, 6.07) is 8.12. The Balaban J connectivity index is 1.45. The zero-order valence-corrected chi connectivity index (χ0v) is 12.7. The number of hydrogen-bond donors (Lipinski definition) is 0. The molecule has 23 heavy (non-hydrogen) atoms. The van der Waals surface area contributed by atoms with Crippen molar-refractivity contribution >= 4 is 16.7 Å². The average Bonchev–Trinajstić information content (AvgIpc) is 3.09. The van der Waals surface area contributed by atoms with E-state index in [0.29, 0.717) is 18.4 Å². The molecule has 2 aromatic heterocycles. The molecule has 4 rings (SSSR count). The van der Waals surface area contributed by atoms with Crippen LogP contribution < -0.4 is 9.64 Å². The van der Waals surface area contributed by atoms with Crippen LogP contribution in [0.5, 0.6) is 5.88 Å². The molecule has 0 N–H and O–H groups in total. The van der Waals surface area contributed by atoms with Crippen LogP contribution in [0.2, 0.25) is 0 Å². The highest BCUT2D eigenvalue weighted by atomic mass is 16.5. The lowest BCUT2D eigenvalue weighted by Crippen LogP contribution is -2.23. The minimum atomic E-state index is 0.464. The van der Waals surface area contributed by atoms with E-state index in [0.717, 1.165) is 36.2 Å². The number of anilines is 1. The molecule has 1 saturated heterocycles. The largest absolute Gasteiger partial charge is 0.476 e. The van der Waals surface area contributed by atoms with E-state index in [1.54, 1.807) is 24.9 Å². The topological polar surface area (TPSA) is 64.0 Å². The maximum Gasteiger partial charge on any atom is 0.232 e. The zero-order valence-electron chi connectivity index (χ0n) is 12.7. The van der Waals surface area contributed by atoms with Gasteiger partial charge in [-0.25, -0.2) is 15.0 Å². The number of para-hydroxylation sites is 1. The fourth-order valence-electron chi connectivity index (χ4n) is 2.97. The van der Waals surface area contributed by atoms with Crippen LogP contribution in [0, 0.1) is 5.92 Å². The van der Waals surface area contributed by atoms with E-state index in [9.17, 15) is 0 Å². The third-order valence-corrected chi connectivity index (χ3v) is 4.11. The lowest BCUT2D eigenvalue weighted by atomic mass is 10.1. The molecule has 1 aliphatic heterocycles. The van der Waals surface area contributed by atoms with Crippen LogP contribution in [0.3, 0.4) is 0 Å². The quantitative estimate of drug-likeness (QED) is 0.737. The molecule has 3 heterocycles. The van der Waals surface area contributed by atoms with Crippen LogP contribution >= 0.6 is 0 Å². The molecule has 0 aliphatic carbocycles. The number of ether oxygens (including phenoxy) is 1. The molecule has 3 aromatic rings. The van der Waals surface area contributed by atoms with E-state index in [4.69, 9.17) is 4.74 Å². The van der Waals surface area contributed by atoms with Crippen LogP contribution in [-0.2, 0) is 0 Å². The second-order valence-electron chi connectivity index (χ2n) is 5.67. The highest BCUT2D eigenvalue weighted by Gasteiger charge is 2.25. The molecule has 0 radical (unpaired) electrons. The number of hydrogen-bond acceptors (Lipinski definition) is 6. The van der Waals surface area contributed by atoms with Crippen LogP contribution in [0.15, 0.2) is 49.2 Å². The maximum atomic E-state index is 5.73. The second-order valence-corrected chi connectivity index (χ2v) is 5.67. The van der Waals surface area contributed by atoms with E-state index < -0.39 is 0 Å². The molecule has 1 aliphatic rings. The summed E-state index contributed by atoms with van der Waals surface area (Å²) < 4.78 is 5.73. The number of fused-ring (bicyclic) bond motifs is 1. The van der Waals surface area contributed by atoms with Gasteiger partial charge in [0.05, 0.1) is 18.3 Å². The highest BCUT2D eigenvalue weighted by Crippen LogP contribution is 2.28. The highest BCUT2D eigenvalue weighted by molar-refractivity contribution is 5.89. The Bertz CT molecular complexity index is 790. The normalized spacial score (nSPS) is 17.6. The Morgan fingerprint density at radius 1 is 1.13 bits per heavy atom. The smallest absolute Gasteiger partial charge is 0.232 e. The molecule has 1 aromatic carbocycles. The summed E-state index contributed by atoms with van der Waals surface area (Å²) in [7, 11) is 0. The van der Waals surface area contributed by atoms with Crippen LogP contribution in [0.1, 0.15) is 6.42 Å². The van der Waals surface area contributed by atoms with Crippen LogP contribution in [0.25, 0.3) is 10.9 Å². The van der Waals surface area contributed by atoms with Crippen molar-refractivity contribution in [2.24, 2.45) is 5.92 Å². The summed E-state index contributed by atoms with van der Waals surface area (Å²) in [6.45, 7) is 2.56. The van der Waals surface area contributed by atoms with Crippen molar-refractivity contribution in [2.45, 2.75) is 6.42 Å². The first-order valence-electron chi connectivity index (χ1n) is 7.73. The molecular formula is C17H17N5O. The van der Waals surface area contributed by atoms with E-state index in [1.807, 2.05) is 18.2 Å². The summed E-state index contributed by atoms with van der Waals surface area (Å²) in [6.07, 6.45) is 7.65. The molecule has 6 heteroatoms. The van der Waals surface area contributed by atoms with Crippen molar-refractivity contribution in [1.29, 1.82) is 0 Å². The Kier molecular flexibility index (Phi) is 3.71.